The number of nitrogens with one attached hydrogen (secondary N) is 1. The monoisotopic (exact) mass is 263 g/mol. The van der Waals surface area contributed by atoms with Gasteiger partial charge in [-0.25, -0.2) is 0 Å². The highest BCUT2D eigenvalue weighted by molar-refractivity contribution is 7.09. The predicted octanol–water partition coefficient (Wildman–Crippen LogP) is 3.11. The van der Waals surface area contributed by atoms with E-state index in [0.717, 1.165) is 25.3 Å². The van der Waals surface area contributed by atoms with E-state index in [-0.39, 0.29) is 0 Å². The molecule has 0 aliphatic rings. The molecule has 0 unspecified atom stereocenters. The van der Waals surface area contributed by atoms with Crippen LogP contribution in [0.4, 0.5) is 0 Å². The molecule has 0 fully saturated rings. The van der Waals surface area contributed by atoms with E-state index in [4.69, 9.17) is 0 Å². The van der Waals surface area contributed by atoms with Gasteiger partial charge in [0.2, 0.25) is 0 Å². The molecule has 0 atom stereocenters. The summed E-state index contributed by atoms with van der Waals surface area (Å²) in [5.74, 6) is 0. The second-order valence-electron chi connectivity index (χ2n) is 4.56. The van der Waals surface area contributed by atoms with Crippen molar-refractivity contribution in [3.8, 4) is 0 Å². The number of rotatable bonds is 6. The molecule has 2 heterocycles. The molecule has 0 saturated heterocycles. The van der Waals surface area contributed by atoms with Crippen molar-refractivity contribution in [2.24, 2.45) is 0 Å². The Balaban J connectivity index is 2.10. The van der Waals surface area contributed by atoms with Gasteiger partial charge in [-0.15, -0.1) is 11.3 Å². The smallest absolute Gasteiger partial charge is 0.0755 e. The van der Waals surface area contributed by atoms with Gasteiger partial charge in [-0.1, -0.05) is 13.0 Å². The highest BCUT2D eigenvalue weighted by atomic mass is 32.1. The summed E-state index contributed by atoms with van der Waals surface area (Å²) >= 11 is 1.79. The second-order valence-corrected chi connectivity index (χ2v) is 5.60. The van der Waals surface area contributed by atoms with E-state index in [9.17, 15) is 0 Å². The Morgan fingerprint density at radius 3 is 2.89 bits per heavy atom. The molecule has 4 heteroatoms. The minimum Gasteiger partial charge on any atom is -0.313 e. The maximum atomic E-state index is 4.65. The average Bonchev–Trinajstić information content (AvgIpc) is 2.93. The van der Waals surface area contributed by atoms with Gasteiger partial charge in [0.15, 0.2) is 0 Å². The topological polar surface area (TPSA) is 29.9 Å². The van der Waals surface area contributed by atoms with Crippen LogP contribution in [-0.2, 0) is 13.1 Å². The van der Waals surface area contributed by atoms with Crippen molar-refractivity contribution in [2.75, 3.05) is 6.54 Å². The van der Waals surface area contributed by atoms with Crippen LogP contribution < -0.4 is 5.32 Å². The molecule has 0 spiro atoms. The lowest BCUT2D eigenvalue weighted by Gasteiger charge is -2.05. The third-order valence-electron chi connectivity index (χ3n) is 3.15. The Bertz CT molecular complexity index is 485. The Morgan fingerprint density at radius 2 is 2.22 bits per heavy atom. The maximum Gasteiger partial charge on any atom is 0.0755 e. The number of aryl methyl sites for hydroxylation is 1. The average molecular weight is 263 g/mol. The molecule has 2 aromatic heterocycles. The molecule has 98 valence electrons. The lowest BCUT2D eigenvalue weighted by atomic mass is 10.2. The van der Waals surface area contributed by atoms with E-state index in [1.165, 1.54) is 22.6 Å². The molecule has 0 bridgehead atoms. The Hall–Kier alpha value is -1.13. The third-order valence-corrected chi connectivity index (χ3v) is 4.01. The minimum absolute atomic E-state index is 0.887. The molecule has 3 nitrogen and oxygen atoms in total. The molecule has 18 heavy (non-hydrogen) atoms. The van der Waals surface area contributed by atoms with Gasteiger partial charge in [0.1, 0.15) is 0 Å². The van der Waals surface area contributed by atoms with Crippen molar-refractivity contribution >= 4 is 11.3 Å². The van der Waals surface area contributed by atoms with Crippen molar-refractivity contribution in [2.45, 2.75) is 40.3 Å². The van der Waals surface area contributed by atoms with Crippen LogP contribution in [0.2, 0.25) is 0 Å². The summed E-state index contributed by atoms with van der Waals surface area (Å²) in [6.07, 6.45) is 1.17. The first kappa shape index (κ1) is 13.3. The molecule has 0 aliphatic carbocycles. The number of hydrogen-bond acceptors (Lipinski definition) is 3. The van der Waals surface area contributed by atoms with Crippen molar-refractivity contribution in [1.29, 1.82) is 0 Å². The van der Waals surface area contributed by atoms with Gasteiger partial charge in [-0.3, -0.25) is 4.68 Å². The van der Waals surface area contributed by atoms with Crippen LogP contribution in [0.1, 0.15) is 35.2 Å². The lowest BCUT2D eigenvalue weighted by Crippen LogP contribution is -2.15. The zero-order chi connectivity index (χ0) is 13.0. The van der Waals surface area contributed by atoms with Gasteiger partial charge < -0.3 is 5.32 Å². The second kappa shape index (κ2) is 6.16. The minimum atomic E-state index is 0.887. The van der Waals surface area contributed by atoms with Crippen LogP contribution in [0, 0.1) is 13.8 Å². The number of hydrogen-bond donors (Lipinski definition) is 1. The van der Waals surface area contributed by atoms with Gasteiger partial charge in [-0.05, 0) is 38.3 Å². The Kier molecular flexibility index (Phi) is 4.55. The van der Waals surface area contributed by atoms with Gasteiger partial charge in [-0.2, -0.15) is 5.10 Å². The van der Waals surface area contributed by atoms with E-state index < -0.39 is 0 Å². The van der Waals surface area contributed by atoms with Crippen LogP contribution in [0.25, 0.3) is 0 Å². The number of thiophene rings is 1. The summed E-state index contributed by atoms with van der Waals surface area (Å²) in [5.41, 5.74) is 3.78. The first-order chi connectivity index (χ1) is 8.72. The van der Waals surface area contributed by atoms with Gasteiger partial charge in [0.05, 0.1) is 12.2 Å². The maximum absolute atomic E-state index is 4.65. The highest BCUT2D eigenvalue weighted by Gasteiger charge is 2.11. The van der Waals surface area contributed by atoms with Gasteiger partial charge in [0, 0.05) is 22.7 Å². The molecule has 2 rings (SSSR count). The lowest BCUT2D eigenvalue weighted by molar-refractivity contribution is 0.655. The summed E-state index contributed by atoms with van der Waals surface area (Å²) < 4.78 is 2.12. The van der Waals surface area contributed by atoms with E-state index in [1.54, 1.807) is 11.3 Å². The molecule has 0 aliphatic heterocycles. The third kappa shape index (κ3) is 3.00. The standard InChI is InChI=1S/C14H21N3S/c1-4-7-15-9-14-11(2)16-17(12(14)3)10-13-6-5-8-18-13/h5-6,8,15H,4,7,9-10H2,1-3H3. The molecule has 0 saturated carbocycles. The number of nitrogens with zero attached hydrogens (tertiary/aromatic N) is 2. The van der Waals surface area contributed by atoms with Crippen LogP contribution in [-0.4, -0.2) is 16.3 Å². The number of aromatic nitrogens is 2. The Morgan fingerprint density at radius 1 is 1.39 bits per heavy atom. The van der Waals surface area contributed by atoms with Crippen LogP contribution >= 0.6 is 11.3 Å². The molecule has 0 radical (unpaired) electrons. The summed E-state index contributed by atoms with van der Waals surface area (Å²) in [4.78, 5) is 1.36. The fourth-order valence-electron chi connectivity index (χ4n) is 2.08. The highest BCUT2D eigenvalue weighted by Crippen LogP contribution is 2.16. The summed E-state index contributed by atoms with van der Waals surface area (Å²) in [6.45, 7) is 9.33. The molecular formula is C14H21N3S. The largest absolute Gasteiger partial charge is 0.313 e. The van der Waals surface area contributed by atoms with Crippen molar-refractivity contribution in [3.05, 3.63) is 39.3 Å². The fourth-order valence-corrected chi connectivity index (χ4v) is 2.77. The predicted molar refractivity (Wildman–Crippen MR) is 77.1 cm³/mol. The van der Waals surface area contributed by atoms with Crippen molar-refractivity contribution in [3.63, 3.8) is 0 Å². The van der Waals surface area contributed by atoms with Gasteiger partial charge in [0.25, 0.3) is 0 Å². The molecule has 1 N–H and O–H groups in total. The quantitative estimate of drug-likeness (QED) is 0.812. The first-order valence-electron chi connectivity index (χ1n) is 6.48. The zero-order valence-electron chi connectivity index (χ0n) is 11.4. The fraction of sp³-hybridized carbons (Fsp3) is 0.500. The Labute approximate surface area is 113 Å². The van der Waals surface area contributed by atoms with E-state index in [2.05, 4.69) is 53.4 Å². The van der Waals surface area contributed by atoms with Crippen LogP contribution in [0.15, 0.2) is 17.5 Å². The summed E-state index contributed by atoms with van der Waals surface area (Å²) in [6, 6.07) is 4.26. The van der Waals surface area contributed by atoms with Crippen LogP contribution in [0.3, 0.4) is 0 Å². The van der Waals surface area contributed by atoms with Gasteiger partial charge >= 0.3 is 0 Å². The zero-order valence-corrected chi connectivity index (χ0v) is 12.2. The SMILES string of the molecule is CCCNCc1c(C)nn(Cc2cccs2)c1C. The molecular weight excluding hydrogens is 242 g/mol. The van der Waals surface area contributed by atoms with Crippen LogP contribution in [0.5, 0.6) is 0 Å². The summed E-state index contributed by atoms with van der Waals surface area (Å²) in [5, 5.41) is 10.2. The van der Waals surface area contributed by atoms with Crippen molar-refractivity contribution < 1.29 is 0 Å². The summed E-state index contributed by atoms with van der Waals surface area (Å²) in [7, 11) is 0. The normalized spacial score (nSPS) is 11.1. The van der Waals surface area contributed by atoms with E-state index in [0.29, 0.717) is 0 Å². The molecule has 2 aromatic rings. The molecule has 0 aromatic carbocycles. The van der Waals surface area contributed by atoms with E-state index >= 15 is 0 Å². The molecule has 0 amide bonds. The van der Waals surface area contributed by atoms with E-state index in [1.807, 2.05) is 0 Å². The van der Waals surface area contributed by atoms with Crippen molar-refractivity contribution in [1.82, 2.24) is 15.1 Å². The first-order valence-corrected chi connectivity index (χ1v) is 7.36.